The average Bonchev–Trinajstić information content (AvgIpc) is 2.54. The van der Waals surface area contributed by atoms with Crippen molar-refractivity contribution in [2.75, 3.05) is 6.61 Å². The van der Waals surface area contributed by atoms with Crippen LogP contribution in [0.25, 0.3) is 0 Å². The molecule has 0 aliphatic rings. The van der Waals surface area contributed by atoms with Crippen LogP contribution in [0.4, 0.5) is 0 Å². The van der Waals surface area contributed by atoms with Crippen LogP contribution in [0.15, 0.2) is 49.6 Å². The standard InChI is InChI=1S/C15H16O9/c1-3-13(21)23-9-10(16)15(7-5-11(17)18,8-6-12(19)20)24-14(22)4-2/h3-8,10,16H,1-2,9H2,(H,17,18)(H,19,20). The fourth-order valence-electron chi connectivity index (χ4n) is 1.38. The highest BCUT2D eigenvalue weighted by molar-refractivity contribution is 5.84. The van der Waals surface area contributed by atoms with Gasteiger partial charge in [0.2, 0.25) is 0 Å². The number of aliphatic hydroxyl groups excluding tert-OH is 1. The van der Waals surface area contributed by atoms with Crippen LogP contribution in [0.2, 0.25) is 0 Å². The van der Waals surface area contributed by atoms with Gasteiger partial charge in [0.15, 0.2) is 5.60 Å². The molecule has 0 aliphatic carbocycles. The molecule has 0 amide bonds. The Kier molecular flexibility index (Phi) is 8.44. The van der Waals surface area contributed by atoms with Gasteiger partial charge < -0.3 is 24.8 Å². The molecular weight excluding hydrogens is 324 g/mol. The molecule has 0 rings (SSSR count). The molecule has 0 aromatic heterocycles. The van der Waals surface area contributed by atoms with Crippen LogP contribution in [0.5, 0.6) is 0 Å². The summed E-state index contributed by atoms with van der Waals surface area (Å²) in [6, 6.07) is 0. The number of ether oxygens (including phenoxy) is 2. The number of carboxylic acid groups (broad SMARTS) is 2. The molecule has 0 radical (unpaired) electrons. The molecule has 0 heterocycles. The molecule has 9 heteroatoms. The van der Waals surface area contributed by atoms with Crippen LogP contribution in [-0.2, 0) is 28.7 Å². The second-order valence-electron chi connectivity index (χ2n) is 4.17. The molecule has 0 bridgehead atoms. The molecule has 0 fully saturated rings. The van der Waals surface area contributed by atoms with Crippen LogP contribution in [0.3, 0.4) is 0 Å². The molecule has 130 valence electrons. The van der Waals surface area contributed by atoms with Gasteiger partial charge in [0.1, 0.15) is 12.7 Å². The Morgan fingerprint density at radius 1 is 0.958 bits per heavy atom. The Balaban J connectivity index is 5.82. The first kappa shape index (κ1) is 20.8. The summed E-state index contributed by atoms with van der Waals surface area (Å²) in [5, 5.41) is 27.6. The molecule has 3 N–H and O–H groups in total. The zero-order valence-electron chi connectivity index (χ0n) is 12.5. The van der Waals surface area contributed by atoms with E-state index in [0.717, 1.165) is 24.3 Å². The Morgan fingerprint density at radius 2 is 1.42 bits per heavy atom. The van der Waals surface area contributed by atoms with E-state index >= 15 is 0 Å². The SMILES string of the molecule is C=CC(=O)OCC(O)C(C=CC(=O)O)(C=CC(=O)O)OC(=O)C=C. The lowest BCUT2D eigenvalue weighted by Crippen LogP contribution is -2.46. The molecule has 0 aromatic carbocycles. The number of carbonyl (C=O) groups is 4. The van der Waals surface area contributed by atoms with Gasteiger partial charge in [-0.05, 0) is 12.2 Å². The van der Waals surface area contributed by atoms with Gasteiger partial charge in [0.05, 0.1) is 0 Å². The first-order valence-electron chi connectivity index (χ1n) is 6.34. The van der Waals surface area contributed by atoms with E-state index in [1.807, 2.05) is 0 Å². The zero-order chi connectivity index (χ0) is 18.8. The monoisotopic (exact) mass is 340 g/mol. The van der Waals surface area contributed by atoms with Gasteiger partial charge >= 0.3 is 23.9 Å². The van der Waals surface area contributed by atoms with Crippen LogP contribution >= 0.6 is 0 Å². The lowest BCUT2D eigenvalue weighted by atomic mass is 9.95. The highest BCUT2D eigenvalue weighted by Gasteiger charge is 2.38. The molecule has 0 aromatic rings. The van der Waals surface area contributed by atoms with Crippen LogP contribution in [0, 0.1) is 0 Å². The van der Waals surface area contributed by atoms with Crippen molar-refractivity contribution in [3.63, 3.8) is 0 Å². The Morgan fingerprint density at radius 3 is 1.79 bits per heavy atom. The summed E-state index contributed by atoms with van der Waals surface area (Å²) in [4.78, 5) is 43.9. The van der Waals surface area contributed by atoms with Gasteiger partial charge in [0.25, 0.3) is 0 Å². The van der Waals surface area contributed by atoms with Crippen molar-refractivity contribution < 1.29 is 44.0 Å². The third-order valence-corrected chi connectivity index (χ3v) is 2.49. The minimum absolute atomic E-state index is 0.529. The highest BCUT2D eigenvalue weighted by Crippen LogP contribution is 2.22. The summed E-state index contributed by atoms with van der Waals surface area (Å²) in [6.07, 6.45) is 2.26. The lowest BCUT2D eigenvalue weighted by Gasteiger charge is -2.31. The predicted octanol–water partition coefficient (Wildman–Crippen LogP) is -0.174. The van der Waals surface area contributed by atoms with E-state index in [0.29, 0.717) is 12.2 Å². The first-order valence-corrected chi connectivity index (χ1v) is 6.34. The van der Waals surface area contributed by atoms with Gasteiger partial charge in [-0.25, -0.2) is 19.2 Å². The van der Waals surface area contributed by atoms with Gasteiger partial charge in [0, 0.05) is 24.3 Å². The topological polar surface area (TPSA) is 147 Å². The minimum Gasteiger partial charge on any atom is -0.478 e. The Labute approximate surface area is 136 Å². The fraction of sp³-hybridized carbons (Fsp3) is 0.200. The second-order valence-corrected chi connectivity index (χ2v) is 4.17. The number of aliphatic carboxylic acids is 2. The molecule has 0 saturated carbocycles. The largest absolute Gasteiger partial charge is 0.478 e. The molecule has 1 unspecified atom stereocenters. The Hall–Kier alpha value is -3.20. The van der Waals surface area contributed by atoms with E-state index in [9.17, 15) is 24.3 Å². The molecular formula is C15H16O9. The third kappa shape index (κ3) is 7.18. The number of carboxylic acids is 2. The van der Waals surface area contributed by atoms with Gasteiger partial charge in [-0.3, -0.25) is 0 Å². The molecule has 0 aliphatic heterocycles. The lowest BCUT2D eigenvalue weighted by molar-refractivity contribution is -0.160. The van der Waals surface area contributed by atoms with E-state index in [2.05, 4.69) is 17.9 Å². The number of rotatable bonds is 10. The number of carbonyl (C=O) groups excluding carboxylic acids is 2. The molecule has 1 atom stereocenters. The second kappa shape index (κ2) is 9.74. The summed E-state index contributed by atoms with van der Waals surface area (Å²) in [5.74, 6) is -4.88. The van der Waals surface area contributed by atoms with Crippen LogP contribution in [-0.4, -0.2) is 57.5 Å². The number of hydrogen-bond acceptors (Lipinski definition) is 7. The molecule has 0 spiro atoms. The van der Waals surface area contributed by atoms with Gasteiger partial charge in [-0.2, -0.15) is 0 Å². The maximum atomic E-state index is 11.5. The molecule has 0 saturated heterocycles. The van der Waals surface area contributed by atoms with Crippen molar-refractivity contribution in [3.8, 4) is 0 Å². The van der Waals surface area contributed by atoms with Crippen molar-refractivity contribution in [3.05, 3.63) is 49.6 Å². The van der Waals surface area contributed by atoms with Crippen molar-refractivity contribution in [2.45, 2.75) is 11.7 Å². The van der Waals surface area contributed by atoms with E-state index < -0.39 is 42.2 Å². The van der Waals surface area contributed by atoms with Crippen molar-refractivity contribution >= 4 is 23.9 Å². The zero-order valence-corrected chi connectivity index (χ0v) is 12.5. The third-order valence-electron chi connectivity index (χ3n) is 2.49. The smallest absolute Gasteiger partial charge is 0.331 e. The molecule has 24 heavy (non-hydrogen) atoms. The molecule has 9 nitrogen and oxygen atoms in total. The maximum Gasteiger partial charge on any atom is 0.331 e. The van der Waals surface area contributed by atoms with Crippen LogP contribution < -0.4 is 0 Å². The average molecular weight is 340 g/mol. The summed E-state index contributed by atoms with van der Waals surface area (Å²) in [6.45, 7) is 5.56. The highest BCUT2D eigenvalue weighted by atomic mass is 16.6. The number of aliphatic hydroxyl groups is 1. The normalized spacial score (nSPS) is 14.5. The van der Waals surface area contributed by atoms with Crippen molar-refractivity contribution in [1.29, 1.82) is 0 Å². The van der Waals surface area contributed by atoms with E-state index in [1.54, 1.807) is 0 Å². The maximum absolute atomic E-state index is 11.5. The summed E-state index contributed by atoms with van der Waals surface area (Å²) in [5.41, 5.74) is -2.22. The van der Waals surface area contributed by atoms with Crippen LogP contribution in [0.1, 0.15) is 0 Å². The van der Waals surface area contributed by atoms with Gasteiger partial charge in [-0.1, -0.05) is 13.2 Å². The van der Waals surface area contributed by atoms with E-state index in [4.69, 9.17) is 14.9 Å². The minimum atomic E-state index is -2.22. The summed E-state index contributed by atoms with van der Waals surface area (Å²) in [7, 11) is 0. The Bertz CT molecular complexity index is 562. The number of esters is 2. The first-order chi connectivity index (χ1) is 11.2. The summed E-state index contributed by atoms with van der Waals surface area (Å²) < 4.78 is 9.49. The summed E-state index contributed by atoms with van der Waals surface area (Å²) >= 11 is 0. The van der Waals surface area contributed by atoms with E-state index in [-0.39, 0.29) is 0 Å². The fourth-order valence-corrected chi connectivity index (χ4v) is 1.38. The predicted molar refractivity (Wildman–Crippen MR) is 79.7 cm³/mol. The quantitative estimate of drug-likeness (QED) is 0.364. The van der Waals surface area contributed by atoms with E-state index in [1.165, 1.54) is 0 Å². The van der Waals surface area contributed by atoms with Gasteiger partial charge in [-0.15, -0.1) is 0 Å². The van der Waals surface area contributed by atoms with Crippen molar-refractivity contribution in [1.82, 2.24) is 0 Å². The van der Waals surface area contributed by atoms with Crippen molar-refractivity contribution in [2.24, 2.45) is 0 Å². The number of hydrogen-bond donors (Lipinski definition) is 3.